The second kappa shape index (κ2) is 6.32. The van der Waals surface area contributed by atoms with Gasteiger partial charge in [-0.05, 0) is 38.8 Å². The van der Waals surface area contributed by atoms with E-state index in [9.17, 15) is 5.11 Å². The van der Waals surface area contributed by atoms with Crippen LogP contribution in [0.1, 0.15) is 25.6 Å². The van der Waals surface area contributed by atoms with Gasteiger partial charge in [0.1, 0.15) is 5.82 Å². The summed E-state index contributed by atoms with van der Waals surface area (Å²) in [6.07, 6.45) is 1.81. The zero-order chi connectivity index (χ0) is 14.7. The third-order valence-corrected chi connectivity index (χ3v) is 3.77. The molecule has 112 valence electrons. The molecule has 0 unspecified atom stereocenters. The summed E-state index contributed by atoms with van der Waals surface area (Å²) < 4.78 is 0. The first-order chi connectivity index (χ1) is 9.45. The van der Waals surface area contributed by atoms with Gasteiger partial charge in [-0.1, -0.05) is 0 Å². The number of nitrogens with zero attached hydrogens (tertiary/aromatic N) is 5. The Kier molecular flexibility index (Phi) is 4.72. The molecule has 1 aliphatic heterocycles. The van der Waals surface area contributed by atoms with Gasteiger partial charge < -0.3 is 15.7 Å². The molecular weight excluding hydrogens is 256 g/mol. The largest absolute Gasteiger partial charge is 0.393 e. The van der Waals surface area contributed by atoms with Gasteiger partial charge in [0.05, 0.1) is 12.6 Å². The van der Waals surface area contributed by atoms with Crippen molar-refractivity contribution in [1.29, 1.82) is 0 Å². The van der Waals surface area contributed by atoms with Gasteiger partial charge in [-0.25, -0.2) is 0 Å². The molecule has 2 heterocycles. The number of hydrogen-bond acceptors (Lipinski definition) is 7. The Morgan fingerprint density at radius 3 is 2.50 bits per heavy atom. The lowest BCUT2D eigenvalue weighted by Crippen LogP contribution is -2.37. The molecular formula is C13H24N6O. The van der Waals surface area contributed by atoms with Crippen LogP contribution in [0.2, 0.25) is 0 Å². The Labute approximate surface area is 119 Å². The molecule has 3 N–H and O–H groups in total. The van der Waals surface area contributed by atoms with Crippen LogP contribution in [0.3, 0.4) is 0 Å². The fraction of sp³-hybridized carbons (Fsp3) is 0.769. The fourth-order valence-corrected chi connectivity index (χ4v) is 2.49. The maximum absolute atomic E-state index is 9.61. The summed E-state index contributed by atoms with van der Waals surface area (Å²) in [5.74, 6) is 1.97. The van der Waals surface area contributed by atoms with Crippen molar-refractivity contribution in [3.05, 3.63) is 5.82 Å². The minimum absolute atomic E-state index is 0.217. The van der Waals surface area contributed by atoms with Gasteiger partial charge in [-0.3, -0.25) is 4.90 Å². The van der Waals surface area contributed by atoms with Crippen molar-refractivity contribution in [3.63, 3.8) is 0 Å². The first-order valence-corrected chi connectivity index (χ1v) is 7.04. The predicted molar refractivity (Wildman–Crippen MR) is 78.2 cm³/mol. The van der Waals surface area contributed by atoms with Crippen LogP contribution in [0.25, 0.3) is 0 Å². The van der Waals surface area contributed by atoms with Crippen LogP contribution in [-0.4, -0.2) is 58.2 Å². The first-order valence-electron chi connectivity index (χ1n) is 7.04. The Bertz CT molecular complexity index is 442. The Morgan fingerprint density at radius 1 is 1.30 bits per heavy atom. The fourth-order valence-electron chi connectivity index (χ4n) is 2.49. The maximum atomic E-state index is 9.61. The summed E-state index contributed by atoms with van der Waals surface area (Å²) in [6, 6.07) is 0. The van der Waals surface area contributed by atoms with Crippen molar-refractivity contribution in [2.24, 2.45) is 5.92 Å². The lowest BCUT2D eigenvalue weighted by Gasteiger charge is -2.32. The van der Waals surface area contributed by atoms with Crippen LogP contribution in [0, 0.1) is 5.92 Å². The lowest BCUT2D eigenvalue weighted by atomic mass is 9.92. The molecule has 2 rings (SSSR count). The number of likely N-dealkylation sites (tertiary alicyclic amines) is 1. The van der Waals surface area contributed by atoms with Crippen LogP contribution in [0.4, 0.5) is 11.9 Å². The van der Waals surface area contributed by atoms with E-state index in [1.165, 1.54) is 0 Å². The van der Waals surface area contributed by atoms with Gasteiger partial charge in [-0.15, -0.1) is 0 Å². The van der Waals surface area contributed by atoms with Crippen molar-refractivity contribution in [2.75, 3.05) is 37.8 Å². The number of nitrogen functional groups attached to an aromatic ring is 1. The molecule has 7 nitrogen and oxygen atoms in total. The van der Waals surface area contributed by atoms with Crippen LogP contribution in [-0.2, 0) is 6.54 Å². The maximum Gasteiger partial charge on any atom is 0.229 e. The highest BCUT2D eigenvalue weighted by atomic mass is 16.3. The third kappa shape index (κ3) is 3.77. The second-order valence-corrected chi connectivity index (χ2v) is 5.66. The highest BCUT2D eigenvalue weighted by Gasteiger charge is 2.23. The summed E-state index contributed by atoms with van der Waals surface area (Å²) in [7, 11) is 3.76. The summed E-state index contributed by atoms with van der Waals surface area (Å²) in [6.45, 7) is 4.47. The Morgan fingerprint density at radius 2 is 1.95 bits per heavy atom. The van der Waals surface area contributed by atoms with Crippen LogP contribution in [0.15, 0.2) is 0 Å². The number of nitrogens with two attached hydrogens (primary N) is 1. The molecule has 0 aromatic carbocycles. The minimum Gasteiger partial charge on any atom is -0.393 e. The molecule has 0 bridgehead atoms. The SMILES string of the molecule is C[C@H](O)C1CCN(Cc2nc(N)nc(N(C)C)n2)CC1. The average Bonchev–Trinajstić information content (AvgIpc) is 2.38. The second-order valence-electron chi connectivity index (χ2n) is 5.66. The number of aliphatic hydroxyl groups excluding tert-OH is 1. The summed E-state index contributed by atoms with van der Waals surface area (Å²) >= 11 is 0. The van der Waals surface area contributed by atoms with Gasteiger partial charge in [0.2, 0.25) is 11.9 Å². The highest BCUT2D eigenvalue weighted by molar-refractivity contribution is 5.32. The smallest absolute Gasteiger partial charge is 0.229 e. The zero-order valence-corrected chi connectivity index (χ0v) is 12.5. The highest BCUT2D eigenvalue weighted by Crippen LogP contribution is 2.21. The summed E-state index contributed by atoms with van der Waals surface area (Å²) in [4.78, 5) is 16.8. The van der Waals surface area contributed by atoms with Crippen LogP contribution in [0.5, 0.6) is 0 Å². The number of aromatic nitrogens is 3. The van der Waals surface area contributed by atoms with E-state index in [4.69, 9.17) is 5.73 Å². The zero-order valence-electron chi connectivity index (χ0n) is 12.5. The molecule has 1 fully saturated rings. The van der Waals surface area contributed by atoms with Gasteiger partial charge in [-0.2, -0.15) is 15.0 Å². The number of hydrogen-bond donors (Lipinski definition) is 2. The third-order valence-electron chi connectivity index (χ3n) is 3.77. The Balaban J connectivity index is 1.97. The van der Waals surface area contributed by atoms with Crippen LogP contribution < -0.4 is 10.6 Å². The van der Waals surface area contributed by atoms with E-state index in [2.05, 4.69) is 19.9 Å². The topological polar surface area (TPSA) is 91.4 Å². The molecule has 0 aliphatic carbocycles. The molecule has 1 aromatic rings. The van der Waals surface area contributed by atoms with Crippen molar-refractivity contribution < 1.29 is 5.11 Å². The number of piperidine rings is 1. The molecule has 1 aliphatic rings. The van der Waals surface area contributed by atoms with Gasteiger partial charge in [0, 0.05) is 14.1 Å². The first kappa shape index (κ1) is 14.9. The molecule has 0 amide bonds. The summed E-state index contributed by atoms with van der Waals surface area (Å²) in [5.41, 5.74) is 5.72. The molecule has 1 aromatic heterocycles. The molecule has 1 atom stereocenters. The average molecular weight is 280 g/mol. The Hall–Kier alpha value is -1.47. The lowest BCUT2D eigenvalue weighted by molar-refractivity contribution is 0.0687. The molecule has 0 saturated carbocycles. The molecule has 7 heteroatoms. The van der Waals surface area contributed by atoms with E-state index in [0.29, 0.717) is 24.2 Å². The minimum atomic E-state index is -0.217. The van der Waals surface area contributed by atoms with Crippen molar-refractivity contribution in [1.82, 2.24) is 19.9 Å². The quantitative estimate of drug-likeness (QED) is 0.809. The van der Waals surface area contributed by atoms with Gasteiger partial charge in [0.25, 0.3) is 0 Å². The van der Waals surface area contributed by atoms with Gasteiger partial charge >= 0.3 is 0 Å². The number of rotatable bonds is 4. The van der Waals surface area contributed by atoms with E-state index in [0.717, 1.165) is 25.9 Å². The molecule has 1 saturated heterocycles. The standard InChI is InChI=1S/C13H24N6O/c1-9(20)10-4-6-19(7-5-10)8-11-15-12(14)17-13(16-11)18(2)3/h9-10,20H,4-8H2,1-3H3,(H2,14,15,16,17)/t9-/m0/s1. The van der Waals surface area contributed by atoms with Crippen LogP contribution >= 0.6 is 0 Å². The van der Waals surface area contributed by atoms with Crippen molar-refractivity contribution >= 4 is 11.9 Å². The van der Waals surface area contributed by atoms with E-state index in [1.54, 1.807) is 0 Å². The number of anilines is 2. The predicted octanol–water partition coefficient (Wildman–Crippen LogP) is 0.113. The van der Waals surface area contributed by atoms with E-state index in [1.807, 2.05) is 25.9 Å². The van der Waals surface area contributed by atoms with E-state index < -0.39 is 0 Å². The molecule has 0 spiro atoms. The normalized spacial score (nSPS) is 19.0. The molecule has 0 radical (unpaired) electrons. The number of aliphatic hydroxyl groups is 1. The van der Waals surface area contributed by atoms with E-state index in [-0.39, 0.29) is 12.1 Å². The van der Waals surface area contributed by atoms with Gasteiger partial charge in [0.15, 0.2) is 0 Å². The summed E-state index contributed by atoms with van der Waals surface area (Å²) in [5, 5.41) is 9.61. The molecule has 20 heavy (non-hydrogen) atoms. The van der Waals surface area contributed by atoms with E-state index >= 15 is 0 Å². The van der Waals surface area contributed by atoms with Crippen molar-refractivity contribution in [2.45, 2.75) is 32.4 Å². The monoisotopic (exact) mass is 280 g/mol. The van der Waals surface area contributed by atoms with Crippen molar-refractivity contribution in [3.8, 4) is 0 Å².